The number of aromatic nitrogens is 1. The van der Waals surface area contributed by atoms with Crippen molar-refractivity contribution in [1.29, 1.82) is 0 Å². The van der Waals surface area contributed by atoms with Crippen LogP contribution in [0.3, 0.4) is 0 Å². The van der Waals surface area contributed by atoms with Crippen LogP contribution in [0.5, 0.6) is 5.75 Å². The van der Waals surface area contributed by atoms with E-state index in [2.05, 4.69) is 16.2 Å². The number of hydrogen-bond donors (Lipinski definition) is 2. The van der Waals surface area contributed by atoms with Crippen molar-refractivity contribution in [2.24, 2.45) is 0 Å². The van der Waals surface area contributed by atoms with Gasteiger partial charge in [-0.05, 0) is 30.3 Å². The smallest absolute Gasteiger partial charge is 0.133 e. The molecule has 0 bridgehead atoms. The van der Waals surface area contributed by atoms with Gasteiger partial charge in [0.1, 0.15) is 5.75 Å². The minimum atomic E-state index is 0.170. The minimum absolute atomic E-state index is 0.170. The molecule has 0 fully saturated rings. The summed E-state index contributed by atoms with van der Waals surface area (Å²) >= 11 is 0. The highest BCUT2D eigenvalue weighted by atomic mass is 16.3. The Morgan fingerprint density at radius 2 is 2.18 bits per heavy atom. The van der Waals surface area contributed by atoms with E-state index in [0.29, 0.717) is 6.54 Å². The Morgan fingerprint density at radius 3 is 2.88 bits per heavy atom. The van der Waals surface area contributed by atoms with E-state index in [-0.39, 0.29) is 5.75 Å². The first-order valence-corrected chi connectivity index (χ1v) is 5.22. The van der Waals surface area contributed by atoms with Crippen LogP contribution in [0.15, 0.2) is 42.6 Å². The lowest BCUT2D eigenvalue weighted by Gasteiger charge is -2.06. The van der Waals surface area contributed by atoms with Gasteiger partial charge in [-0.15, -0.1) is 6.42 Å². The number of nitrogens with one attached hydrogen (secondary N) is 1. The number of benzene rings is 1. The third-order valence-corrected chi connectivity index (χ3v) is 2.31. The Labute approximate surface area is 100 Å². The molecule has 3 nitrogen and oxygen atoms in total. The Kier molecular flexibility index (Phi) is 3.27. The topological polar surface area (TPSA) is 45.1 Å². The standard InChI is InChI=1S/C14H12N2O/c1-2-11-4-3-5-12(8-11)15-9-13-6-7-14(17)10-16-13/h1,3-8,10,15,17H,9H2. The molecule has 0 saturated heterocycles. The normalized spacial score (nSPS) is 9.59. The van der Waals surface area contributed by atoms with Crippen molar-refractivity contribution >= 4 is 5.69 Å². The van der Waals surface area contributed by atoms with Crippen molar-refractivity contribution in [2.75, 3.05) is 5.32 Å². The second kappa shape index (κ2) is 5.04. The molecule has 1 aromatic carbocycles. The Morgan fingerprint density at radius 1 is 1.29 bits per heavy atom. The van der Waals surface area contributed by atoms with Gasteiger partial charge in [-0.3, -0.25) is 4.98 Å². The van der Waals surface area contributed by atoms with Crippen molar-refractivity contribution in [2.45, 2.75) is 6.54 Å². The van der Waals surface area contributed by atoms with Gasteiger partial charge in [-0.2, -0.15) is 0 Å². The van der Waals surface area contributed by atoms with Gasteiger partial charge in [0, 0.05) is 11.3 Å². The molecule has 0 saturated carbocycles. The van der Waals surface area contributed by atoms with Crippen molar-refractivity contribution < 1.29 is 5.11 Å². The quantitative estimate of drug-likeness (QED) is 0.787. The zero-order valence-corrected chi connectivity index (χ0v) is 9.22. The molecular weight excluding hydrogens is 212 g/mol. The maximum atomic E-state index is 9.11. The first kappa shape index (κ1) is 11.0. The van der Waals surface area contributed by atoms with Crippen molar-refractivity contribution in [3.8, 4) is 18.1 Å². The number of anilines is 1. The molecule has 2 N–H and O–H groups in total. The molecule has 2 aromatic rings. The molecule has 0 spiro atoms. The first-order valence-electron chi connectivity index (χ1n) is 5.22. The minimum Gasteiger partial charge on any atom is -0.506 e. The molecule has 1 aromatic heterocycles. The van der Waals surface area contributed by atoms with Crippen molar-refractivity contribution in [3.05, 3.63) is 53.9 Å². The van der Waals surface area contributed by atoms with Crippen molar-refractivity contribution in [1.82, 2.24) is 4.98 Å². The lowest BCUT2D eigenvalue weighted by atomic mass is 10.2. The van der Waals surface area contributed by atoms with E-state index in [9.17, 15) is 0 Å². The summed E-state index contributed by atoms with van der Waals surface area (Å²) in [6.45, 7) is 0.592. The SMILES string of the molecule is C#Cc1cccc(NCc2ccc(O)cn2)c1. The van der Waals surface area contributed by atoms with E-state index in [0.717, 1.165) is 16.9 Å². The third-order valence-electron chi connectivity index (χ3n) is 2.31. The molecular formula is C14H12N2O. The fourth-order valence-corrected chi connectivity index (χ4v) is 1.43. The molecule has 0 radical (unpaired) electrons. The predicted octanol–water partition coefficient (Wildman–Crippen LogP) is 2.38. The highest BCUT2D eigenvalue weighted by Crippen LogP contribution is 2.12. The largest absolute Gasteiger partial charge is 0.506 e. The molecule has 17 heavy (non-hydrogen) atoms. The van der Waals surface area contributed by atoms with Gasteiger partial charge in [-0.1, -0.05) is 12.0 Å². The summed E-state index contributed by atoms with van der Waals surface area (Å²) in [5.74, 6) is 2.75. The van der Waals surface area contributed by atoms with Crippen LogP contribution >= 0.6 is 0 Å². The van der Waals surface area contributed by atoms with Gasteiger partial charge < -0.3 is 10.4 Å². The third kappa shape index (κ3) is 2.99. The van der Waals surface area contributed by atoms with Crippen LogP contribution in [0, 0.1) is 12.3 Å². The summed E-state index contributed by atoms with van der Waals surface area (Å²) in [6, 6.07) is 11.0. The highest BCUT2D eigenvalue weighted by Gasteiger charge is 1.96. The lowest BCUT2D eigenvalue weighted by Crippen LogP contribution is -2.01. The summed E-state index contributed by atoms with van der Waals surface area (Å²) in [7, 11) is 0. The highest BCUT2D eigenvalue weighted by molar-refractivity contribution is 5.50. The number of pyridine rings is 1. The zero-order valence-electron chi connectivity index (χ0n) is 9.22. The van der Waals surface area contributed by atoms with Crippen molar-refractivity contribution in [3.63, 3.8) is 0 Å². The Balaban J connectivity index is 2.02. The Bertz CT molecular complexity index is 541. The number of nitrogens with zero attached hydrogens (tertiary/aromatic N) is 1. The van der Waals surface area contributed by atoms with Gasteiger partial charge >= 0.3 is 0 Å². The Hall–Kier alpha value is -2.47. The number of aromatic hydroxyl groups is 1. The maximum absolute atomic E-state index is 9.11. The summed E-state index contributed by atoms with van der Waals surface area (Å²) in [5.41, 5.74) is 2.65. The summed E-state index contributed by atoms with van der Waals surface area (Å²) in [4.78, 5) is 4.08. The zero-order chi connectivity index (χ0) is 12.1. The van der Waals surface area contributed by atoms with E-state index in [1.807, 2.05) is 24.3 Å². The fourth-order valence-electron chi connectivity index (χ4n) is 1.43. The molecule has 84 valence electrons. The van der Waals surface area contributed by atoms with E-state index < -0.39 is 0 Å². The second-order valence-electron chi connectivity index (χ2n) is 3.59. The van der Waals surface area contributed by atoms with Gasteiger partial charge in [0.05, 0.1) is 18.4 Å². The van der Waals surface area contributed by atoms with Gasteiger partial charge in [0.2, 0.25) is 0 Å². The van der Waals surface area contributed by atoms with Crippen LogP contribution < -0.4 is 5.32 Å². The monoisotopic (exact) mass is 224 g/mol. The molecule has 0 unspecified atom stereocenters. The van der Waals surface area contributed by atoms with Gasteiger partial charge in [0.25, 0.3) is 0 Å². The molecule has 0 atom stereocenters. The lowest BCUT2D eigenvalue weighted by molar-refractivity contribution is 0.472. The predicted molar refractivity (Wildman–Crippen MR) is 67.6 cm³/mol. The van der Waals surface area contributed by atoms with Gasteiger partial charge in [-0.25, -0.2) is 0 Å². The maximum Gasteiger partial charge on any atom is 0.133 e. The summed E-state index contributed by atoms with van der Waals surface area (Å²) in [6.07, 6.45) is 6.75. The summed E-state index contributed by atoms with van der Waals surface area (Å²) < 4.78 is 0. The first-order chi connectivity index (χ1) is 8.28. The van der Waals surface area contributed by atoms with Gasteiger partial charge in [0.15, 0.2) is 0 Å². The van der Waals surface area contributed by atoms with E-state index in [4.69, 9.17) is 11.5 Å². The molecule has 0 aliphatic heterocycles. The van der Waals surface area contributed by atoms with Crippen LogP contribution in [0.4, 0.5) is 5.69 Å². The van der Waals surface area contributed by atoms with E-state index in [1.165, 1.54) is 6.20 Å². The average molecular weight is 224 g/mol. The van der Waals surface area contributed by atoms with Crippen LogP contribution in [0.25, 0.3) is 0 Å². The second-order valence-corrected chi connectivity index (χ2v) is 3.59. The van der Waals surface area contributed by atoms with E-state index in [1.54, 1.807) is 12.1 Å². The summed E-state index contributed by atoms with van der Waals surface area (Å²) in [5, 5.41) is 12.3. The molecule has 1 heterocycles. The van der Waals surface area contributed by atoms with Crippen LogP contribution in [-0.4, -0.2) is 10.1 Å². The molecule has 3 heteroatoms. The fraction of sp³-hybridized carbons (Fsp3) is 0.0714. The average Bonchev–Trinajstić information content (AvgIpc) is 2.38. The molecule has 0 amide bonds. The van der Waals surface area contributed by atoms with E-state index >= 15 is 0 Å². The van der Waals surface area contributed by atoms with Crippen LogP contribution in [0.1, 0.15) is 11.3 Å². The van der Waals surface area contributed by atoms with Crippen LogP contribution in [-0.2, 0) is 6.54 Å². The van der Waals surface area contributed by atoms with Crippen LogP contribution in [0.2, 0.25) is 0 Å². The molecule has 0 aliphatic carbocycles. The number of rotatable bonds is 3. The number of hydrogen-bond acceptors (Lipinski definition) is 3. The molecule has 0 aliphatic rings. The number of terminal acetylenes is 1. The molecule has 2 rings (SSSR count).